The lowest BCUT2D eigenvalue weighted by Gasteiger charge is -2.06. The van der Waals surface area contributed by atoms with Gasteiger partial charge in [-0.1, -0.05) is 42.0 Å². The van der Waals surface area contributed by atoms with Crippen LogP contribution in [0.2, 0.25) is 5.02 Å². The van der Waals surface area contributed by atoms with Gasteiger partial charge in [0.05, 0.1) is 0 Å². The Labute approximate surface area is 158 Å². The van der Waals surface area contributed by atoms with Crippen LogP contribution in [0.25, 0.3) is 15.5 Å². The van der Waals surface area contributed by atoms with E-state index in [1.165, 1.54) is 11.3 Å². The summed E-state index contributed by atoms with van der Waals surface area (Å²) in [5.41, 5.74) is 2.16. The maximum atomic E-state index is 12.4. The van der Waals surface area contributed by atoms with Crippen molar-refractivity contribution in [3.8, 4) is 10.6 Å². The van der Waals surface area contributed by atoms with Crippen molar-refractivity contribution in [3.63, 3.8) is 0 Å². The first kappa shape index (κ1) is 16.7. The number of hydrogen-bond donors (Lipinski definition) is 1. The molecule has 2 heterocycles. The molecule has 0 saturated carbocycles. The third kappa shape index (κ3) is 3.18. The Balaban J connectivity index is 1.60. The van der Waals surface area contributed by atoms with Gasteiger partial charge in [-0.3, -0.25) is 4.79 Å². The van der Waals surface area contributed by atoms with Crippen LogP contribution in [0.5, 0.6) is 0 Å². The SMILES string of the molecule is CCc1nnc2sc(-c3cccc(NC(=O)c4ccc(Cl)cc4)c3)nn12. The zero-order valence-electron chi connectivity index (χ0n) is 13.8. The summed E-state index contributed by atoms with van der Waals surface area (Å²) >= 11 is 7.32. The number of amides is 1. The number of anilines is 1. The van der Waals surface area contributed by atoms with Crippen molar-refractivity contribution in [1.29, 1.82) is 0 Å². The molecule has 4 rings (SSSR count). The third-order valence-electron chi connectivity index (χ3n) is 3.85. The third-order valence-corrected chi connectivity index (χ3v) is 5.05. The second-order valence-corrected chi connectivity index (χ2v) is 7.01. The van der Waals surface area contributed by atoms with E-state index in [0.29, 0.717) is 16.3 Å². The summed E-state index contributed by atoms with van der Waals surface area (Å²) in [6, 6.07) is 14.3. The predicted molar refractivity (Wildman–Crippen MR) is 103 cm³/mol. The monoisotopic (exact) mass is 383 g/mol. The first-order valence-corrected chi connectivity index (χ1v) is 9.22. The quantitative estimate of drug-likeness (QED) is 0.569. The molecule has 8 heteroatoms. The van der Waals surface area contributed by atoms with Crippen LogP contribution >= 0.6 is 22.9 Å². The minimum atomic E-state index is -0.190. The molecule has 0 aliphatic carbocycles. The number of hydrogen-bond acceptors (Lipinski definition) is 5. The molecule has 6 nitrogen and oxygen atoms in total. The molecule has 0 aliphatic rings. The first-order valence-electron chi connectivity index (χ1n) is 8.02. The smallest absolute Gasteiger partial charge is 0.255 e. The van der Waals surface area contributed by atoms with Gasteiger partial charge in [-0.15, -0.1) is 10.2 Å². The fourth-order valence-electron chi connectivity index (χ4n) is 2.53. The van der Waals surface area contributed by atoms with Gasteiger partial charge in [-0.25, -0.2) is 0 Å². The molecule has 26 heavy (non-hydrogen) atoms. The number of carbonyl (C=O) groups is 1. The zero-order chi connectivity index (χ0) is 18.1. The van der Waals surface area contributed by atoms with Gasteiger partial charge in [-0.2, -0.15) is 9.61 Å². The summed E-state index contributed by atoms with van der Waals surface area (Å²) in [7, 11) is 0. The summed E-state index contributed by atoms with van der Waals surface area (Å²) in [5, 5.41) is 17.1. The molecule has 4 aromatic rings. The van der Waals surface area contributed by atoms with Crippen molar-refractivity contribution in [3.05, 3.63) is 64.9 Å². The Kier molecular flexibility index (Phi) is 4.40. The van der Waals surface area contributed by atoms with Crippen LogP contribution in [0, 0.1) is 0 Å². The summed E-state index contributed by atoms with van der Waals surface area (Å²) in [6.45, 7) is 2.02. The number of fused-ring (bicyclic) bond motifs is 1. The van der Waals surface area contributed by atoms with Crippen LogP contribution in [0.4, 0.5) is 5.69 Å². The Bertz CT molecular complexity index is 1090. The van der Waals surface area contributed by atoms with E-state index < -0.39 is 0 Å². The fraction of sp³-hybridized carbons (Fsp3) is 0.111. The van der Waals surface area contributed by atoms with Gasteiger partial charge in [0.1, 0.15) is 5.01 Å². The Morgan fingerprint density at radius 2 is 2.00 bits per heavy atom. The highest BCUT2D eigenvalue weighted by Gasteiger charge is 2.13. The summed E-state index contributed by atoms with van der Waals surface area (Å²) in [5.74, 6) is 0.639. The molecular formula is C18H14ClN5OS. The van der Waals surface area contributed by atoms with Gasteiger partial charge in [-0.05, 0) is 36.4 Å². The zero-order valence-corrected chi connectivity index (χ0v) is 15.4. The Hall–Kier alpha value is -2.77. The number of halogens is 1. The molecule has 2 aromatic heterocycles. The molecule has 0 bridgehead atoms. The van der Waals surface area contributed by atoms with Gasteiger partial charge in [0.2, 0.25) is 4.96 Å². The van der Waals surface area contributed by atoms with Crippen LogP contribution in [-0.2, 0) is 6.42 Å². The van der Waals surface area contributed by atoms with E-state index in [9.17, 15) is 4.79 Å². The standard InChI is InChI=1S/C18H14ClN5OS/c1-2-15-21-22-18-24(15)23-17(26-18)12-4-3-5-14(10-12)20-16(25)11-6-8-13(19)9-7-11/h3-10H,2H2,1H3,(H,20,25). The number of aromatic nitrogens is 4. The Morgan fingerprint density at radius 3 is 2.77 bits per heavy atom. The van der Waals surface area contributed by atoms with Crippen LogP contribution in [0.15, 0.2) is 48.5 Å². The lowest BCUT2D eigenvalue weighted by atomic mass is 10.2. The van der Waals surface area contributed by atoms with Gasteiger partial charge in [0.15, 0.2) is 5.82 Å². The molecular weight excluding hydrogens is 370 g/mol. The van der Waals surface area contributed by atoms with Crippen molar-refractivity contribution in [2.75, 3.05) is 5.32 Å². The van der Waals surface area contributed by atoms with E-state index in [4.69, 9.17) is 11.6 Å². The van der Waals surface area contributed by atoms with Crippen LogP contribution in [0.1, 0.15) is 23.1 Å². The number of nitrogens with zero attached hydrogens (tertiary/aromatic N) is 4. The van der Waals surface area contributed by atoms with E-state index in [-0.39, 0.29) is 5.91 Å². The van der Waals surface area contributed by atoms with E-state index in [2.05, 4.69) is 20.6 Å². The molecule has 0 aliphatic heterocycles. The van der Waals surface area contributed by atoms with Crippen molar-refractivity contribution in [2.45, 2.75) is 13.3 Å². The van der Waals surface area contributed by atoms with Crippen molar-refractivity contribution in [1.82, 2.24) is 19.8 Å². The van der Waals surface area contributed by atoms with Gasteiger partial charge >= 0.3 is 0 Å². The molecule has 0 radical (unpaired) electrons. The highest BCUT2D eigenvalue weighted by Crippen LogP contribution is 2.27. The highest BCUT2D eigenvalue weighted by atomic mass is 35.5. The van der Waals surface area contributed by atoms with E-state index in [1.54, 1.807) is 28.8 Å². The first-order chi connectivity index (χ1) is 12.6. The van der Waals surface area contributed by atoms with Crippen LogP contribution in [0.3, 0.4) is 0 Å². The summed E-state index contributed by atoms with van der Waals surface area (Å²) < 4.78 is 1.76. The molecule has 1 amide bonds. The number of nitrogens with one attached hydrogen (secondary N) is 1. The average Bonchev–Trinajstić information content (AvgIpc) is 3.23. The number of benzene rings is 2. The largest absolute Gasteiger partial charge is 0.322 e. The van der Waals surface area contributed by atoms with Crippen LogP contribution in [-0.4, -0.2) is 25.7 Å². The van der Waals surface area contributed by atoms with E-state index >= 15 is 0 Å². The number of rotatable bonds is 4. The molecule has 2 aromatic carbocycles. The fourth-order valence-corrected chi connectivity index (χ4v) is 3.51. The average molecular weight is 384 g/mol. The lowest BCUT2D eigenvalue weighted by Crippen LogP contribution is -2.11. The van der Waals surface area contributed by atoms with E-state index in [0.717, 1.165) is 27.8 Å². The van der Waals surface area contributed by atoms with Crippen LogP contribution < -0.4 is 5.32 Å². The van der Waals surface area contributed by atoms with Crippen molar-refractivity contribution in [2.24, 2.45) is 0 Å². The summed E-state index contributed by atoms with van der Waals surface area (Å²) in [4.78, 5) is 13.1. The molecule has 0 saturated heterocycles. The molecule has 0 atom stereocenters. The molecule has 130 valence electrons. The molecule has 0 unspecified atom stereocenters. The molecule has 0 spiro atoms. The number of aryl methyl sites for hydroxylation is 1. The number of carbonyl (C=O) groups excluding carboxylic acids is 1. The van der Waals surface area contributed by atoms with Crippen molar-refractivity contribution < 1.29 is 4.79 Å². The molecule has 0 fully saturated rings. The summed E-state index contributed by atoms with van der Waals surface area (Å²) in [6.07, 6.45) is 0.765. The second kappa shape index (κ2) is 6.86. The van der Waals surface area contributed by atoms with Gasteiger partial charge in [0.25, 0.3) is 5.91 Å². The minimum absolute atomic E-state index is 0.190. The maximum Gasteiger partial charge on any atom is 0.255 e. The van der Waals surface area contributed by atoms with E-state index in [1.807, 2.05) is 31.2 Å². The lowest BCUT2D eigenvalue weighted by molar-refractivity contribution is 0.102. The maximum absolute atomic E-state index is 12.4. The second-order valence-electron chi connectivity index (χ2n) is 5.61. The predicted octanol–water partition coefficient (Wildman–Crippen LogP) is 4.32. The topological polar surface area (TPSA) is 72.2 Å². The minimum Gasteiger partial charge on any atom is -0.322 e. The van der Waals surface area contributed by atoms with Gasteiger partial charge in [0, 0.05) is 28.3 Å². The van der Waals surface area contributed by atoms with Crippen molar-refractivity contribution >= 4 is 39.5 Å². The molecule has 1 N–H and O–H groups in total. The normalized spacial score (nSPS) is 11.0. The Morgan fingerprint density at radius 1 is 1.19 bits per heavy atom. The van der Waals surface area contributed by atoms with Gasteiger partial charge < -0.3 is 5.32 Å². The highest BCUT2D eigenvalue weighted by molar-refractivity contribution is 7.19.